The van der Waals surface area contributed by atoms with Crippen LogP contribution in [0.4, 0.5) is 13.2 Å². The smallest absolute Gasteiger partial charge is 0.311 e. The summed E-state index contributed by atoms with van der Waals surface area (Å²) in [7, 11) is 0. The molecule has 2 N–H and O–H groups in total. The highest BCUT2D eigenvalue weighted by atomic mass is 19.4. The van der Waals surface area contributed by atoms with Gasteiger partial charge < -0.3 is 5.73 Å². The average molecular weight is 232 g/mol. The lowest BCUT2D eigenvalue weighted by molar-refractivity contribution is -0.165. The summed E-state index contributed by atoms with van der Waals surface area (Å²) in [5.41, 5.74) is 2.59. The lowest BCUT2D eigenvalue weighted by atomic mass is 9.92. The van der Waals surface area contributed by atoms with Crippen LogP contribution in [-0.4, -0.2) is 22.5 Å². The number of ketones is 1. The van der Waals surface area contributed by atoms with Gasteiger partial charge in [0.25, 0.3) is 0 Å². The molecule has 1 aromatic heterocycles. The molecule has 0 aromatic carbocycles. The van der Waals surface area contributed by atoms with Gasteiger partial charge in [-0.1, -0.05) is 0 Å². The number of aryl methyl sites for hydroxylation is 1. The Balaban J connectivity index is 3.12. The van der Waals surface area contributed by atoms with Gasteiger partial charge in [0.05, 0.1) is 0 Å². The zero-order chi connectivity index (χ0) is 12.6. The van der Waals surface area contributed by atoms with Crippen LogP contribution in [0.15, 0.2) is 18.5 Å². The molecule has 0 fully saturated rings. The maximum Gasteiger partial charge on any atom is 0.413 e. The Morgan fingerprint density at radius 1 is 1.38 bits per heavy atom. The van der Waals surface area contributed by atoms with Gasteiger partial charge in [0.2, 0.25) is 0 Å². The molecule has 1 unspecified atom stereocenters. The van der Waals surface area contributed by atoms with E-state index in [1.165, 1.54) is 12.3 Å². The molecule has 0 spiro atoms. The first-order valence-corrected chi connectivity index (χ1v) is 4.48. The lowest BCUT2D eigenvalue weighted by Gasteiger charge is -2.25. The summed E-state index contributed by atoms with van der Waals surface area (Å²) in [6.07, 6.45) is -2.27. The SMILES string of the molecule is Cc1cncc(C(=O)C(C)(N)C(F)(F)F)c1. The molecule has 0 aliphatic rings. The van der Waals surface area contributed by atoms with Crippen LogP contribution in [-0.2, 0) is 0 Å². The second-order valence-corrected chi connectivity index (χ2v) is 3.78. The van der Waals surface area contributed by atoms with E-state index in [0.29, 0.717) is 12.5 Å². The lowest BCUT2D eigenvalue weighted by Crippen LogP contribution is -2.57. The fourth-order valence-corrected chi connectivity index (χ4v) is 1.11. The Bertz CT molecular complexity index is 413. The summed E-state index contributed by atoms with van der Waals surface area (Å²) < 4.78 is 37.5. The van der Waals surface area contributed by atoms with Crippen molar-refractivity contribution >= 4 is 5.78 Å². The minimum atomic E-state index is -4.78. The quantitative estimate of drug-likeness (QED) is 0.792. The molecule has 0 bridgehead atoms. The van der Waals surface area contributed by atoms with E-state index in [-0.39, 0.29) is 5.56 Å². The molecule has 1 rings (SSSR count). The first-order chi connectivity index (χ1) is 7.16. The number of aromatic nitrogens is 1. The van der Waals surface area contributed by atoms with Gasteiger partial charge in [0, 0.05) is 18.0 Å². The Morgan fingerprint density at radius 2 is 1.94 bits per heavy atom. The maximum atomic E-state index is 12.5. The number of Topliss-reactive ketones (excluding diaryl/α,β-unsaturated/α-hetero) is 1. The fraction of sp³-hybridized carbons (Fsp3) is 0.400. The summed E-state index contributed by atoms with van der Waals surface area (Å²) in [5, 5.41) is 0. The van der Waals surface area contributed by atoms with E-state index in [1.807, 2.05) is 0 Å². The van der Waals surface area contributed by atoms with Crippen LogP contribution in [0.2, 0.25) is 0 Å². The van der Waals surface area contributed by atoms with Crippen molar-refractivity contribution in [2.45, 2.75) is 25.6 Å². The molecule has 6 heteroatoms. The highest BCUT2D eigenvalue weighted by molar-refractivity contribution is 6.03. The van der Waals surface area contributed by atoms with Gasteiger partial charge in [0.1, 0.15) is 0 Å². The summed E-state index contributed by atoms with van der Waals surface area (Å²) in [6, 6.07) is 1.33. The Labute approximate surface area is 90.5 Å². The van der Waals surface area contributed by atoms with E-state index >= 15 is 0 Å². The van der Waals surface area contributed by atoms with Crippen LogP contribution >= 0.6 is 0 Å². The Morgan fingerprint density at radius 3 is 2.38 bits per heavy atom. The minimum absolute atomic E-state index is 0.137. The van der Waals surface area contributed by atoms with Gasteiger partial charge in [-0.2, -0.15) is 13.2 Å². The van der Waals surface area contributed by atoms with Crippen LogP contribution in [0.1, 0.15) is 22.8 Å². The van der Waals surface area contributed by atoms with Crippen LogP contribution in [0.5, 0.6) is 0 Å². The van der Waals surface area contributed by atoms with Crippen LogP contribution in [0.3, 0.4) is 0 Å². The largest absolute Gasteiger partial charge is 0.413 e. The zero-order valence-corrected chi connectivity index (χ0v) is 8.80. The fourth-order valence-electron chi connectivity index (χ4n) is 1.11. The summed E-state index contributed by atoms with van der Waals surface area (Å²) in [4.78, 5) is 15.2. The van der Waals surface area contributed by atoms with E-state index < -0.39 is 17.5 Å². The third-order valence-corrected chi connectivity index (χ3v) is 2.20. The van der Waals surface area contributed by atoms with E-state index in [0.717, 1.165) is 6.20 Å². The molecule has 0 amide bonds. The number of nitrogens with two attached hydrogens (primary N) is 1. The van der Waals surface area contributed by atoms with E-state index in [4.69, 9.17) is 5.73 Å². The Kier molecular flexibility index (Phi) is 3.05. The molecule has 0 radical (unpaired) electrons. The number of hydrogen-bond donors (Lipinski definition) is 1. The standard InChI is InChI=1S/C10H11F3N2O/c1-6-3-7(5-15-4-6)8(16)9(2,14)10(11,12)13/h3-5H,14H2,1-2H3. The summed E-state index contributed by atoms with van der Waals surface area (Å²) >= 11 is 0. The molecule has 0 saturated heterocycles. The predicted octanol–water partition coefficient (Wildman–Crippen LogP) is 1.85. The third-order valence-electron chi connectivity index (χ3n) is 2.20. The molecule has 0 aliphatic carbocycles. The number of pyridine rings is 1. The van der Waals surface area contributed by atoms with Crippen molar-refractivity contribution in [3.8, 4) is 0 Å². The molecular weight excluding hydrogens is 221 g/mol. The number of carbonyl (C=O) groups is 1. The van der Waals surface area contributed by atoms with Gasteiger partial charge in [-0.05, 0) is 25.5 Å². The van der Waals surface area contributed by atoms with E-state index in [1.54, 1.807) is 6.92 Å². The average Bonchev–Trinajstić information content (AvgIpc) is 2.14. The van der Waals surface area contributed by atoms with Crippen molar-refractivity contribution in [1.82, 2.24) is 4.98 Å². The predicted molar refractivity (Wildman–Crippen MR) is 52.0 cm³/mol. The number of halogens is 3. The molecule has 0 aliphatic heterocycles. The monoisotopic (exact) mass is 232 g/mol. The van der Waals surface area contributed by atoms with Gasteiger partial charge >= 0.3 is 6.18 Å². The van der Waals surface area contributed by atoms with Crippen molar-refractivity contribution in [2.24, 2.45) is 5.73 Å². The number of hydrogen-bond acceptors (Lipinski definition) is 3. The topological polar surface area (TPSA) is 56.0 Å². The van der Waals surface area contributed by atoms with Gasteiger partial charge in [-0.25, -0.2) is 0 Å². The number of alkyl halides is 3. The first-order valence-electron chi connectivity index (χ1n) is 4.48. The van der Waals surface area contributed by atoms with Crippen molar-refractivity contribution in [3.05, 3.63) is 29.6 Å². The molecule has 16 heavy (non-hydrogen) atoms. The zero-order valence-electron chi connectivity index (χ0n) is 8.80. The van der Waals surface area contributed by atoms with Gasteiger partial charge in [-0.15, -0.1) is 0 Å². The third kappa shape index (κ3) is 2.21. The molecule has 0 saturated carbocycles. The van der Waals surface area contributed by atoms with Crippen molar-refractivity contribution in [2.75, 3.05) is 0 Å². The van der Waals surface area contributed by atoms with Crippen molar-refractivity contribution < 1.29 is 18.0 Å². The second-order valence-electron chi connectivity index (χ2n) is 3.78. The number of nitrogens with zero attached hydrogens (tertiary/aromatic N) is 1. The highest BCUT2D eigenvalue weighted by Gasteiger charge is 2.53. The normalized spacial score (nSPS) is 15.6. The summed E-state index contributed by atoms with van der Waals surface area (Å²) in [5.74, 6) is -1.18. The summed E-state index contributed by atoms with van der Waals surface area (Å²) in [6.45, 7) is 2.28. The van der Waals surface area contributed by atoms with E-state index in [9.17, 15) is 18.0 Å². The first kappa shape index (κ1) is 12.6. The molecule has 3 nitrogen and oxygen atoms in total. The number of carbonyl (C=O) groups excluding carboxylic acids is 1. The highest BCUT2D eigenvalue weighted by Crippen LogP contribution is 2.30. The van der Waals surface area contributed by atoms with Crippen LogP contribution < -0.4 is 5.73 Å². The molecule has 1 heterocycles. The number of rotatable bonds is 2. The van der Waals surface area contributed by atoms with Crippen molar-refractivity contribution in [3.63, 3.8) is 0 Å². The Hall–Kier alpha value is -1.43. The van der Waals surface area contributed by atoms with Crippen molar-refractivity contribution in [1.29, 1.82) is 0 Å². The van der Waals surface area contributed by atoms with Gasteiger partial charge in [0.15, 0.2) is 11.3 Å². The minimum Gasteiger partial charge on any atom is -0.311 e. The second kappa shape index (κ2) is 3.86. The van der Waals surface area contributed by atoms with Crippen LogP contribution in [0, 0.1) is 6.92 Å². The molecule has 1 atom stereocenters. The molecule has 88 valence electrons. The molecule has 1 aromatic rings. The van der Waals surface area contributed by atoms with E-state index in [2.05, 4.69) is 4.98 Å². The van der Waals surface area contributed by atoms with Crippen LogP contribution in [0.25, 0.3) is 0 Å². The maximum absolute atomic E-state index is 12.5. The molecular formula is C10H11F3N2O. The van der Waals surface area contributed by atoms with Gasteiger partial charge in [-0.3, -0.25) is 9.78 Å².